The highest BCUT2D eigenvalue weighted by Crippen LogP contribution is 2.35. The lowest BCUT2D eigenvalue weighted by atomic mass is 10.0. The van der Waals surface area contributed by atoms with E-state index in [-0.39, 0.29) is 11.9 Å². The van der Waals surface area contributed by atoms with Crippen LogP contribution in [0.3, 0.4) is 0 Å². The van der Waals surface area contributed by atoms with Crippen LogP contribution in [0.4, 0.5) is 5.69 Å². The molecule has 1 N–H and O–H groups in total. The van der Waals surface area contributed by atoms with Gasteiger partial charge in [-0.15, -0.1) is 0 Å². The molecule has 1 heterocycles. The number of rotatable bonds is 12. The third-order valence-corrected chi connectivity index (χ3v) is 5.97. The lowest BCUT2D eigenvalue weighted by Crippen LogP contribution is -2.27. The molecule has 2 aromatic carbocycles. The average Bonchev–Trinajstić information content (AvgIpc) is 3.16. The Balaban J connectivity index is 1.83. The van der Waals surface area contributed by atoms with Gasteiger partial charge in [0, 0.05) is 49.5 Å². The first-order chi connectivity index (χ1) is 16.0. The minimum absolute atomic E-state index is 0.00423. The number of carbonyl (C=O) groups excluding carboxylic acids is 1. The fourth-order valence-corrected chi connectivity index (χ4v) is 4.11. The summed E-state index contributed by atoms with van der Waals surface area (Å²) in [5.74, 6) is 1.79. The monoisotopic (exact) mass is 452 g/mol. The maximum atomic E-state index is 12.6. The predicted octanol–water partition coefficient (Wildman–Crippen LogP) is 6.20. The summed E-state index contributed by atoms with van der Waals surface area (Å²) in [6, 6.07) is 13.6. The number of carbonyl (C=O) groups is 1. The fraction of sp³-hybridized carbons (Fsp3) is 0.444. The Morgan fingerprint density at radius 1 is 1.12 bits per heavy atom. The van der Waals surface area contributed by atoms with Crippen molar-refractivity contribution >= 4 is 22.6 Å². The molecule has 0 saturated carbocycles. The molecule has 0 radical (unpaired) electrons. The van der Waals surface area contributed by atoms with Crippen LogP contribution in [0.5, 0.6) is 5.75 Å². The predicted molar refractivity (Wildman–Crippen MR) is 133 cm³/mol. The molecule has 1 amide bonds. The first-order valence-corrected chi connectivity index (χ1v) is 11.7. The molecule has 1 aromatic heterocycles. The van der Waals surface area contributed by atoms with E-state index >= 15 is 0 Å². The summed E-state index contributed by atoms with van der Waals surface area (Å²) in [4.78, 5) is 14.3. The third-order valence-electron chi connectivity index (χ3n) is 5.97. The molecule has 3 rings (SSSR count). The summed E-state index contributed by atoms with van der Waals surface area (Å²) < 4.78 is 16.9. The third kappa shape index (κ3) is 6.08. The number of hydrogen-bond donors (Lipinski definition) is 1. The van der Waals surface area contributed by atoms with Crippen LogP contribution >= 0.6 is 0 Å². The lowest BCUT2D eigenvalue weighted by Gasteiger charge is -2.20. The van der Waals surface area contributed by atoms with Gasteiger partial charge in [-0.3, -0.25) is 4.79 Å². The molecule has 0 aliphatic carbocycles. The summed E-state index contributed by atoms with van der Waals surface area (Å²) in [5.41, 5.74) is 3.62. The topological polar surface area (TPSA) is 63.9 Å². The Morgan fingerprint density at radius 2 is 1.88 bits per heavy atom. The van der Waals surface area contributed by atoms with Gasteiger partial charge >= 0.3 is 0 Å². The second-order valence-electron chi connectivity index (χ2n) is 8.44. The number of nitrogens with one attached hydrogen (secondary N) is 1. The zero-order chi connectivity index (χ0) is 23.8. The first-order valence-electron chi connectivity index (χ1n) is 11.7. The Morgan fingerprint density at radius 3 is 2.55 bits per heavy atom. The molecule has 0 saturated heterocycles. The van der Waals surface area contributed by atoms with Crippen molar-refractivity contribution in [3.8, 4) is 5.75 Å². The number of aryl methyl sites for hydroxylation is 1. The van der Waals surface area contributed by atoms with E-state index in [4.69, 9.17) is 13.9 Å². The normalized spacial score (nSPS) is 12.0. The molecule has 0 aliphatic heterocycles. The van der Waals surface area contributed by atoms with Crippen LogP contribution < -0.4 is 10.1 Å². The van der Waals surface area contributed by atoms with Crippen LogP contribution in [0.25, 0.3) is 11.0 Å². The molecule has 0 spiro atoms. The van der Waals surface area contributed by atoms with Gasteiger partial charge in [-0.25, -0.2) is 0 Å². The minimum Gasteiger partial charge on any atom is -0.497 e. The van der Waals surface area contributed by atoms with Gasteiger partial charge in [-0.1, -0.05) is 6.92 Å². The van der Waals surface area contributed by atoms with Gasteiger partial charge in [-0.05, 0) is 75.1 Å². The van der Waals surface area contributed by atoms with E-state index < -0.39 is 0 Å². The fourth-order valence-electron chi connectivity index (χ4n) is 4.11. The van der Waals surface area contributed by atoms with Crippen LogP contribution in [0.15, 0.2) is 46.9 Å². The molecule has 0 fully saturated rings. The molecule has 6 heteroatoms. The van der Waals surface area contributed by atoms with Crippen molar-refractivity contribution < 1.29 is 18.7 Å². The summed E-state index contributed by atoms with van der Waals surface area (Å²) in [7, 11) is 5.24. The number of unbranched alkanes of at least 4 members (excludes halogenated alkanes) is 1. The number of furan rings is 1. The van der Waals surface area contributed by atoms with Crippen LogP contribution in [-0.4, -0.2) is 45.2 Å². The number of anilines is 1. The number of ether oxygens (including phenoxy) is 2. The van der Waals surface area contributed by atoms with E-state index in [1.807, 2.05) is 49.5 Å². The Hall–Kier alpha value is -2.99. The van der Waals surface area contributed by atoms with E-state index in [1.54, 1.807) is 19.1 Å². The van der Waals surface area contributed by atoms with Gasteiger partial charge in [0.1, 0.15) is 17.1 Å². The SMILES string of the molecule is CCCN(C)C(=O)c1ccc(NC(CCCCOC)c2oc3ccc(OC)cc3c2C)cc1. The highest BCUT2D eigenvalue weighted by atomic mass is 16.5. The van der Waals surface area contributed by atoms with Crippen LogP contribution in [0.2, 0.25) is 0 Å². The van der Waals surface area contributed by atoms with E-state index in [0.717, 1.165) is 72.6 Å². The van der Waals surface area contributed by atoms with E-state index in [9.17, 15) is 4.79 Å². The Kier molecular flexibility index (Phi) is 8.78. The molecular weight excluding hydrogens is 416 g/mol. The van der Waals surface area contributed by atoms with Gasteiger partial charge in [0.2, 0.25) is 0 Å². The second kappa shape index (κ2) is 11.8. The Bertz CT molecular complexity index is 1040. The molecular formula is C27H36N2O4. The zero-order valence-corrected chi connectivity index (χ0v) is 20.4. The van der Waals surface area contributed by atoms with Gasteiger partial charge in [-0.2, -0.15) is 0 Å². The van der Waals surface area contributed by atoms with Gasteiger partial charge < -0.3 is 24.1 Å². The van der Waals surface area contributed by atoms with Gasteiger partial charge in [0.15, 0.2) is 0 Å². The molecule has 178 valence electrons. The molecule has 1 unspecified atom stereocenters. The van der Waals surface area contributed by atoms with Crippen molar-refractivity contribution in [3.63, 3.8) is 0 Å². The largest absolute Gasteiger partial charge is 0.497 e. The molecule has 3 aromatic rings. The van der Waals surface area contributed by atoms with Gasteiger partial charge in [0.05, 0.1) is 13.2 Å². The molecule has 0 bridgehead atoms. The van der Waals surface area contributed by atoms with Crippen molar-refractivity contribution in [3.05, 3.63) is 59.4 Å². The van der Waals surface area contributed by atoms with Crippen LogP contribution in [-0.2, 0) is 4.74 Å². The van der Waals surface area contributed by atoms with Crippen LogP contribution in [0, 0.1) is 6.92 Å². The quantitative estimate of drug-likeness (QED) is 0.331. The van der Waals surface area contributed by atoms with Crippen molar-refractivity contribution in [2.24, 2.45) is 0 Å². The summed E-state index contributed by atoms with van der Waals surface area (Å²) in [5, 5.41) is 4.70. The molecule has 0 aliphatic rings. The highest BCUT2D eigenvalue weighted by molar-refractivity contribution is 5.94. The summed E-state index contributed by atoms with van der Waals surface area (Å²) in [6.07, 6.45) is 3.83. The number of nitrogens with zero attached hydrogens (tertiary/aromatic N) is 1. The smallest absolute Gasteiger partial charge is 0.253 e. The second-order valence-corrected chi connectivity index (χ2v) is 8.44. The maximum absolute atomic E-state index is 12.6. The van der Waals surface area contributed by atoms with E-state index in [1.165, 1.54) is 0 Å². The summed E-state index contributed by atoms with van der Waals surface area (Å²) >= 11 is 0. The first kappa shape index (κ1) is 24.6. The zero-order valence-electron chi connectivity index (χ0n) is 20.4. The van der Waals surface area contributed by atoms with Crippen molar-refractivity contribution in [1.29, 1.82) is 0 Å². The minimum atomic E-state index is 0.00423. The van der Waals surface area contributed by atoms with Crippen molar-refractivity contribution in [2.45, 2.75) is 45.6 Å². The maximum Gasteiger partial charge on any atom is 0.253 e. The van der Waals surface area contributed by atoms with Crippen molar-refractivity contribution in [2.75, 3.05) is 39.7 Å². The number of hydrogen-bond acceptors (Lipinski definition) is 5. The highest BCUT2D eigenvalue weighted by Gasteiger charge is 2.21. The average molecular weight is 453 g/mol. The standard InChI is InChI=1S/C27H36N2O4/c1-6-16-29(3)27(30)20-10-12-21(13-11-20)28-24(9-7-8-17-31-4)26-19(2)23-18-22(32-5)14-15-25(23)33-26/h10-15,18,24,28H,6-9,16-17H2,1-5H3. The summed E-state index contributed by atoms with van der Waals surface area (Å²) in [6.45, 7) is 5.65. The molecule has 1 atom stereocenters. The number of benzene rings is 2. The van der Waals surface area contributed by atoms with E-state index in [0.29, 0.717) is 5.56 Å². The number of methoxy groups -OCH3 is 2. The number of amides is 1. The van der Waals surface area contributed by atoms with Crippen molar-refractivity contribution in [1.82, 2.24) is 4.90 Å². The molecule has 6 nitrogen and oxygen atoms in total. The van der Waals surface area contributed by atoms with Crippen LogP contribution in [0.1, 0.15) is 60.3 Å². The Labute approximate surface area is 196 Å². The lowest BCUT2D eigenvalue weighted by molar-refractivity contribution is 0.0795. The van der Waals surface area contributed by atoms with Gasteiger partial charge in [0.25, 0.3) is 5.91 Å². The number of fused-ring (bicyclic) bond motifs is 1. The van der Waals surface area contributed by atoms with E-state index in [2.05, 4.69) is 19.2 Å². The molecule has 33 heavy (non-hydrogen) atoms.